The molecule has 7 heteroatoms. The highest BCUT2D eigenvalue weighted by Gasteiger charge is 2.29. The number of aryl methyl sites for hydroxylation is 1. The molecule has 0 aromatic carbocycles. The molecule has 1 saturated heterocycles. The van der Waals surface area contributed by atoms with E-state index in [4.69, 9.17) is 14.7 Å². The zero-order valence-corrected chi connectivity index (χ0v) is 18.0. The van der Waals surface area contributed by atoms with Crippen LogP contribution in [-0.4, -0.2) is 54.1 Å². The molecule has 6 nitrogen and oxygen atoms in total. The molecule has 1 fully saturated rings. The number of rotatable bonds is 5. The first kappa shape index (κ1) is 20.0. The number of nitrogens with zero attached hydrogens (tertiary/aromatic N) is 4. The van der Waals surface area contributed by atoms with Gasteiger partial charge in [0.2, 0.25) is 0 Å². The van der Waals surface area contributed by atoms with Gasteiger partial charge in [0.05, 0.1) is 18.5 Å². The summed E-state index contributed by atoms with van der Waals surface area (Å²) in [7, 11) is 4.03. The number of aromatic nitrogens is 2. The van der Waals surface area contributed by atoms with Crippen LogP contribution in [0.15, 0.2) is 0 Å². The van der Waals surface area contributed by atoms with Crippen molar-refractivity contribution in [3.63, 3.8) is 0 Å². The van der Waals surface area contributed by atoms with Crippen LogP contribution in [0.2, 0.25) is 0 Å². The molecule has 3 rings (SSSR count). The van der Waals surface area contributed by atoms with Crippen molar-refractivity contribution in [1.82, 2.24) is 14.9 Å². The molecule has 0 aliphatic carbocycles. The summed E-state index contributed by atoms with van der Waals surface area (Å²) in [6.45, 7) is 10.4. The first-order chi connectivity index (χ1) is 12.8. The molecule has 2 unspecified atom stereocenters. The molecule has 1 aliphatic rings. The predicted molar refractivity (Wildman–Crippen MR) is 111 cm³/mol. The fourth-order valence-electron chi connectivity index (χ4n) is 3.70. The number of hydrogen-bond acceptors (Lipinski definition) is 7. The summed E-state index contributed by atoms with van der Waals surface area (Å²) in [5.41, 5.74) is 0.935. The van der Waals surface area contributed by atoms with Gasteiger partial charge in [0.25, 0.3) is 0 Å². The normalized spacial score (nSPS) is 20.5. The van der Waals surface area contributed by atoms with Crippen molar-refractivity contribution < 1.29 is 9.53 Å². The molecule has 2 aromatic rings. The third kappa shape index (κ3) is 4.09. The summed E-state index contributed by atoms with van der Waals surface area (Å²) in [4.78, 5) is 28.1. The van der Waals surface area contributed by atoms with Crippen molar-refractivity contribution >= 4 is 33.3 Å². The smallest absolute Gasteiger partial charge is 0.348 e. The largest absolute Gasteiger partial charge is 0.462 e. The molecule has 148 valence electrons. The van der Waals surface area contributed by atoms with Gasteiger partial charge in [-0.2, -0.15) is 0 Å². The molecule has 0 saturated carbocycles. The molecule has 0 spiro atoms. The summed E-state index contributed by atoms with van der Waals surface area (Å²) in [5, 5.41) is 1.01. The van der Waals surface area contributed by atoms with Crippen LogP contribution in [-0.2, 0) is 11.3 Å². The highest BCUT2D eigenvalue weighted by atomic mass is 32.1. The second kappa shape index (κ2) is 8.10. The molecule has 2 aromatic heterocycles. The highest BCUT2D eigenvalue weighted by Crippen LogP contribution is 2.38. The van der Waals surface area contributed by atoms with Crippen LogP contribution < -0.4 is 4.90 Å². The van der Waals surface area contributed by atoms with E-state index in [2.05, 4.69) is 23.6 Å². The maximum absolute atomic E-state index is 12.4. The Morgan fingerprint density at radius 2 is 2.04 bits per heavy atom. The molecular weight excluding hydrogens is 360 g/mol. The number of carbonyl (C=O) groups excluding carboxylic acids is 1. The maximum Gasteiger partial charge on any atom is 0.348 e. The molecule has 2 atom stereocenters. The number of hydrogen-bond donors (Lipinski definition) is 0. The van der Waals surface area contributed by atoms with Gasteiger partial charge in [-0.05, 0) is 59.2 Å². The maximum atomic E-state index is 12.4. The molecule has 27 heavy (non-hydrogen) atoms. The topological polar surface area (TPSA) is 58.6 Å². The Morgan fingerprint density at radius 1 is 1.30 bits per heavy atom. The average molecular weight is 391 g/mol. The van der Waals surface area contributed by atoms with Crippen molar-refractivity contribution in [3.05, 3.63) is 16.3 Å². The zero-order valence-electron chi connectivity index (χ0n) is 17.2. The lowest BCUT2D eigenvalue weighted by Crippen LogP contribution is -2.42. The van der Waals surface area contributed by atoms with E-state index in [-0.39, 0.29) is 5.97 Å². The highest BCUT2D eigenvalue weighted by molar-refractivity contribution is 7.20. The number of carbonyl (C=O) groups is 1. The van der Waals surface area contributed by atoms with Crippen molar-refractivity contribution in [2.75, 3.05) is 32.1 Å². The molecule has 1 aliphatic heterocycles. The third-order valence-electron chi connectivity index (χ3n) is 5.13. The van der Waals surface area contributed by atoms with Crippen LogP contribution in [0.3, 0.4) is 0 Å². The van der Waals surface area contributed by atoms with Crippen LogP contribution in [0.5, 0.6) is 0 Å². The van der Waals surface area contributed by atoms with Crippen LogP contribution in [0.4, 0.5) is 5.82 Å². The molecule has 0 amide bonds. The van der Waals surface area contributed by atoms with Gasteiger partial charge < -0.3 is 14.5 Å². The Bertz CT molecular complexity index is 833. The molecule has 3 heterocycles. The lowest BCUT2D eigenvalue weighted by atomic mass is 9.94. The number of anilines is 1. The lowest BCUT2D eigenvalue weighted by molar-refractivity contribution is 0.0531. The van der Waals surface area contributed by atoms with E-state index in [1.54, 1.807) is 0 Å². The van der Waals surface area contributed by atoms with Gasteiger partial charge >= 0.3 is 5.97 Å². The SMILES string of the molecule is CCOC(=O)c1sc2nc(CN(C)C)nc(N3CC(C)CCC3C)c2c1C. The minimum Gasteiger partial charge on any atom is -0.462 e. The van der Waals surface area contributed by atoms with E-state index in [0.717, 1.165) is 40.4 Å². The summed E-state index contributed by atoms with van der Waals surface area (Å²) >= 11 is 1.42. The molecular formula is C20H30N4O2S. The average Bonchev–Trinajstić information content (AvgIpc) is 2.93. The van der Waals surface area contributed by atoms with Gasteiger partial charge in [-0.3, -0.25) is 0 Å². The van der Waals surface area contributed by atoms with Crippen LogP contribution >= 0.6 is 11.3 Å². The van der Waals surface area contributed by atoms with Gasteiger partial charge in [0, 0.05) is 12.6 Å². The lowest BCUT2D eigenvalue weighted by Gasteiger charge is -2.38. The van der Waals surface area contributed by atoms with E-state index in [1.807, 2.05) is 27.9 Å². The van der Waals surface area contributed by atoms with Crippen LogP contribution in [0.1, 0.15) is 54.7 Å². The van der Waals surface area contributed by atoms with Gasteiger partial charge in [-0.25, -0.2) is 14.8 Å². The Balaban J connectivity index is 2.17. The monoisotopic (exact) mass is 390 g/mol. The van der Waals surface area contributed by atoms with E-state index in [9.17, 15) is 4.79 Å². The van der Waals surface area contributed by atoms with Crippen LogP contribution in [0, 0.1) is 12.8 Å². The predicted octanol–water partition coefficient (Wildman–Crippen LogP) is 3.86. The quantitative estimate of drug-likeness (QED) is 0.723. The second-order valence-corrected chi connectivity index (χ2v) is 8.84. The van der Waals surface area contributed by atoms with E-state index >= 15 is 0 Å². The van der Waals surface area contributed by atoms with Gasteiger partial charge in [0.15, 0.2) is 0 Å². The Hall–Kier alpha value is -1.73. The standard InChI is InChI=1S/C20H30N4O2S/c1-7-26-20(25)17-14(4)16-18(24-10-12(2)8-9-13(24)3)21-15(11-23(5)6)22-19(16)27-17/h12-13H,7-11H2,1-6H3. The second-order valence-electron chi connectivity index (χ2n) is 7.84. The fourth-order valence-corrected chi connectivity index (χ4v) is 4.79. The minimum atomic E-state index is -0.266. The summed E-state index contributed by atoms with van der Waals surface area (Å²) in [5.74, 6) is 2.13. The molecule has 0 radical (unpaired) electrons. The number of esters is 1. The van der Waals surface area contributed by atoms with E-state index in [1.165, 1.54) is 17.8 Å². The Morgan fingerprint density at radius 3 is 2.70 bits per heavy atom. The van der Waals surface area contributed by atoms with Crippen molar-refractivity contribution in [2.24, 2.45) is 5.92 Å². The Kier molecular flexibility index (Phi) is 6.01. The van der Waals surface area contributed by atoms with Gasteiger partial charge in [-0.1, -0.05) is 6.92 Å². The van der Waals surface area contributed by atoms with Crippen molar-refractivity contribution in [3.8, 4) is 0 Å². The summed E-state index contributed by atoms with van der Waals surface area (Å²) in [6, 6.07) is 0.428. The Labute approximate surface area is 165 Å². The molecule has 0 bridgehead atoms. The number of thiophene rings is 1. The first-order valence-electron chi connectivity index (χ1n) is 9.70. The number of piperidine rings is 1. The first-order valence-corrected chi connectivity index (χ1v) is 10.5. The summed E-state index contributed by atoms with van der Waals surface area (Å²) < 4.78 is 5.26. The summed E-state index contributed by atoms with van der Waals surface area (Å²) in [6.07, 6.45) is 2.40. The number of ether oxygens (including phenoxy) is 1. The third-order valence-corrected chi connectivity index (χ3v) is 6.29. The van der Waals surface area contributed by atoms with E-state index in [0.29, 0.717) is 30.0 Å². The van der Waals surface area contributed by atoms with E-state index < -0.39 is 0 Å². The minimum absolute atomic E-state index is 0.266. The zero-order chi connectivity index (χ0) is 19.7. The van der Waals surface area contributed by atoms with Crippen molar-refractivity contribution in [1.29, 1.82) is 0 Å². The van der Waals surface area contributed by atoms with Gasteiger partial charge in [0.1, 0.15) is 21.3 Å². The molecule has 0 N–H and O–H groups in total. The van der Waals surface area contributed by atoms with Gasteiger partial charge in [-0.15, -0.1) is 11.3 Å². The fraction of sp³-hybridized carbons (Fsp3) is 0.650. The van der Waals surface area contributed by atoms with Crippen LogP contribution in [0.25, 0.3) is 10.2 Å². The van der Waals surface area contributed by atoms with Crippen molar-refractivity contribution in [2.45, 2.75) is 53.1 Å². The number of fused-ring (bicyclic) bond motifs is 1.